The van der Waals surface area contributed by atoms with Crippen molar-refractivity contribution in [3.63, 3.8) is 0 Å². The molecule has 0 spiro atoms. The zero-order chi connectivity index (χ0) is 10.6. The molecule has 0 unspecified atom stereocenters. The van der Waals surface area contributed by atoms with E-state index < -0.39 is 0 Å². The van der Waals surface area contributed by atoms with Gasteiger partial charge in [-0.25, -0.2) is 0 Å². The highest BCUT2D eigenvalue weighted by Gasteiger charge is 2.41. The lowest BCUT2D eigenvalue weighted by atomic mass is 10.1. The summed E-state index contributed by atoms with van der Waals surface area (Å²) < 4.78 is 0. The molecule has 0 aromatic carbocycles. The highest BCUT2D eigenvalue weighted by Crippen LogP contribution is 2.44. The number of carbonyl (C=O) groups is 1. The molecule has 1 aliphatic rings. The van der Waals surface area contributed by atoms with Crippen LogP contribution in [0.2, 0.25) is 0 Å². The molecular weight excluding hydrogens is 180 g/mol. The van der Waals surface area contributed by atoms with Crippen molar-refractivity contribution in [1.82, 2.24) is 10.2 Å². The minimum atomic E-state index is 0.0216. The Labute approximate surface area is 85.3 Å². The van der Waals surface area contributed by atoms with Crippen molar-refractivity contribution in [3.8, 4) is 0 Å². The Bertz CT molecular complexity index is 200. The zero-order valence-corrected chi connectivity index (χ0v) is 9.05. The first-order valence-electron chi connectivity index (χ1n) is 5.10. The summed E-state index contributed by atoms with van der Waals surface area (Å²) in [5.41, 5.74) is 0.0216. The van der Waals surface area contributed by atoms with Crippen LogP contribution in [0.1, 0.15) is 19.3 Å². The first kappa shape index (κ1) is 11.5. The predicted octanol–water partition coefficient (Wildman–Crippen LogP) is -0.173. The van der Waals surface area contributed by atoms with Crippen LogP contribution in [0.25, 0.3) is 0 Å². The number of aliphatic hydroxyl groups is 1. The van der Waals surface area contributed by atoms with Crippen molar-refractivity contribution in [1.29, 1.82) is 0 Å². The van der Waals surface area contributed by atoms with Gasteiger partial charge in [0.25, 0.3) is 0 Å². The van der Waals surface area contributed by atoms with Gasteiger partial charge < -0.3 is 15.3 Å². The van der Waals surface area contributed by atoms with E-state index in [9.17, 15) is 4.79 Å². The summed E-state index contributed by atoms with van der Waals surface area (Å²) in [6.45, 7) is 1.61. The van der Waals surface area contributed by atoms with Gasteiger partial charge in [-0.05, 0) is 26.9 Å². The van der Waals surface area contributed by atoms with E-state index in [0.717, 1.165) is 19.4 Å². The average Bonchev–Trinajstić information content (AvgIpc) is 2.92. The van der Waals surface area contributed by atoms with Gasteiger partial charge in [-0.15, -0.1) is 0 Å². The maximum Gasteiger partial charge on any atom is 0.221 e. The summed E-state index contributed by atoms with van der Waals surface area (Å²) in [5.74, 6) is 0.0819. The molecule has 2 N–H and O–H groups in total. The van der Waals surface area contributed by atoms with Gasteiger partial charge in [-0.2, -0.15) is 0 Å². The third kappa shape index (κ3) is 3.64. The van der Waals surface area contributed by atoms with Crippen LogP contribution in [0, 0.1) is 5.41 Å². The fourth-order valence-corrected chi connectivity index (χ4v) is 1.27. The van der Waals surface area contributed by atoms with Crippen molar-refractivity contribution >= 4 is 5.91 Å². The molecule has 0 heterocycles. The van der Waals surface area contributed by atoms with Gasteiger partial charge in [0.15, 0.2) is 0 Å². The maximum absolute atomic E-state index is 11.3. The lowest BCUT2D eigenvalue weighted by molar-refractivity contribution is -0.121. The molecule has 1 rings (SSSR count). The first-order chi connectivity index (χ1) is 6.58. The van der Waals surface area contributed by atoms with Gasteiger partial charge in [0.1, 0.15) is 0 Å². The van der Waals surface area contributed by atoms with E-state index in [4.69, 9.17) is 5.11 Å². The van der Waals surface area contributed by atoms with E-state index >= 15 is 0 Å². The second kappa shape index (κ2) is 4.75. The van der Waals surface area contributed by atoms with Gasteiger partial charge in [-0.1, -0.05) is 0 Å². The monoisotopic (exact) mass is 200 g/mol. The fraction of sp³-hybridized carbons (Fsp3) is 0.900. The topological polar surface area (TPSA) is 52.6 Å². The number of rotatable bonds is 6. The first-order valence-corrected chi connectivity index (χ1v) is 5.10. The highest BCUT2D eigenvalue weighted by molar-refractivity contribution is 5.76. The quantitative estimate of drug-likeness (QED) is 0.626. The second-order valence-corrected chi connectivity index (χ2v) is 4.49. The van der Waals surface area contributed by atoms with E-state index in [1.54, 1.807) is 0 Å². The van der Waals surface area contributed by atoms with Crippen LogP contribution in [-0.2, 0) is 4.79 Å². The summed E-state index contributed by atoms with van der Waals surface area (Å²) in [5, 5.41) is 11.9. The number of nitrogens with zero attached hydrogens (tertiary/aromatic N) is 1. The molecule has 4 nitrogen and oxygen atoms in total. The Morgan fingerprint density at radius 3 is 2.57 bits per heavy atom. The van der Waals surface area contributed by atoms with E-state index in [0.29, 0.717) is 13.0 Å². The number of hydrogen-bond donors (Lipinski definition) is 2. The third-order valence-electron chi connectivity index (χ3n) is 2.74. The summed E-state index contributed by atoms with van der Waals surface area (Å²) >= 11 is 0. The molecule has 1 amide bonds. The normalized spacial score (nSPS) is 18.3. The second-order valence-electron chi connectivity index (χ2n) is 4.49. The molecule has 1 saturated carbocycles. The molecule has 0 aromatic heterocycles. The van der Waals surface area contributed by atoms with Crippen molar-refractivity contribution in [2.24, 2.45) is 5.41 Å². The molecule has 0 radical (unpaired) electrons. The molecule has 4 heteroatoms. The number of hydrogen-bond acceptors (Lipinski definition) is 3. The van der Waals surface area contributed by atoms with Gasteiger partial charge in [-0.3, -0.25) is 4.79 Å². The zero-order valence-electron chi connectivity index (χ0n) is 9.05. The van der Waals surface area contributed by atoms with Gasteiger partial charge in [0.2, 0.25) is 5.91 Å². The number of amides is 1. The minimum Gasteiger partial charge on any atom is -0.396 e. The number of carbonyl (C=O) groups excluding carboxylic acids is 1. The van der Waals surface area contributed by atoms with Gasteiger partial charge in [0, 0.05) is 24.9 Å². The maximum atomic E-state index is 11.3. The van der Waals surface area contributed by atoms with Crippen LogP contribution >= 0.6 is 0 Å². The van der Waals surface area contributed by atoms with Crippen LogP contribution < -0.4 is 5.32 Å². The fourth-order valence-electron chi connectivity index (χ4n) is 1.27. The van der Waals surface area contributed by atoms with Crippen LogP contribution in [0.4, 0.5) is 0 Å². The number of nitrogens with one attached hydrogen (secondary N) is 1. The molecule has 0 aromatic rings. The third-order valence-corrected chi connectivity index (χ3v) is 2.74. The van der Waals surface area contributed by atoms with Crippen LogP contribution in [0.5, 0.6) is 0 Å². The molecule has 1 fully saturated rings. The summed E-state index contributed by atoms with van der Waals surface area (Å²) in [4.78, 5) is 13.3. The van der Waals surface area contributed by atoms with Crippen LogP contribution in [-0.4, -0.2) is 49.7 Å². The smallest absolute Gasteiger partial charge is 0.221 e. The molecule has 0 aliphatic heterocycles. The molecule has 82 valence electrons. The largest absolute Gasteiger partial charge is 0.396 e. The summed E-state index contributed by atoms with van der Waals surface area (Å²) in [6, 6.07) is 0. The van der Waals surface area contributed by atoms with E-state index in [-0.39, 0.29) is 17.9 Å². The van der Waals surface area contributed by atoms with Crippen molar-refractivity contribution in [2.75, 3.05) is 33.8 Å². The standard InChI is InChI=1S/C10H20N2O2/c1-12(2)6-3-9(14)11-7-10(8-13)4-5-10/h13H,3-8H2,1-2H3,(H,11,14). The Hall–Kier alpha value is -0.610. The molecule has 0 bridgehead atoms. The van der Waals surface area contributed by atoms with Gasteiger partial charge in [0.05, 0.1) is 6.61 Å². The Kier molecular flexibility index (Phi) is 3.89. The SMILES string of the molecule is CN(C)CCC(=O)NCC1(CO)CC1. The highest BCUT2D eigenvalue weighted by atomic mass is 16.3. The molecule has 1 aliphatic carbocycles. The predicted molar refractivity (Wildman–Crippen MR) is 54.9 cm³/mol. The van der Waals surface area contributed by atoms with Crippen molar-refractivity contribution in [2.45, 2.75) is 19.3 Å². The Morgan fingerprint density at radius 1 is 1.50 bits per heavy atom. The average molecular weight is 200 g/mol. The summed E-state index contributed by atoms with van der Waals surface area (Å²) in [7, 11) is 3.90. The summed E-state index contributed by atoms with van der Waals surface area (Å²) in [6.07, 6.45) is 2.61. The van der Waals surface area contributed by atoms with Crippen molar-refractivity contribution < 1.29 is 9.90 Å². The Morgan fingerprint density at radius 2 is 2.14 bits per heavy atom. The molecule has 0 saturated heterocycles. The lowest BCUT2D eigenvalue weighted by Gasteiger charge is -2.13. The van der Waals surface area contributed by atoms with Crippen LogP contribution in [0.3, 0.4) is 0 Å². The van der Waals surface area contributed by atoms with E-state index in [1.165, 1.54) is 0 Å². The van der Waals surface area contributed by atoms with Crippen molar-refractivity contribution in [3.05, 3.63) is 0 Å². The van der Waals surface area contributed by atoms with Crippen LogP contribution in [0.15, 0.2) is 0 Å². The number of aliphatic hydroxyl groups excluding tert-OH is 1. The molecule has 0 atom stereocenters. The van der Waals surface area contributed by atoms with Gasteiger partial charge >= 0.3 is 0 Å². The lowest BCUT2D eigenvalue weighted by Crippen LogP contribution is -2.33. The van der Waals surface area contributed by atoms with E-state index in [2.05, 4.69) is 5.32 Å². The van der Waals surface area contributed by atoms with E-state index in [1.807, 2.05) is 19.0 Å². The molecular formula is C10H20N2O2. The minimum absolute atomic E-state index is 0.0216. The Balaban J connectivity index is 2.09. The molecule has 14 heavy (non-hydrogen) atoms.